The van der Waals surface area contributed by atoms with E-state index < -0.39 is 0 Å². The molecule has 106 valence electrons. The third-order valence-electron chi connectivity index (χ3n) is 3.07. The Kier molecular flexibility index (Phi) is 6.36. The Balaban J connectivity index is 2.51. The lowest BCUT2D eigenvalue weighted by Gasteiger charge is -2.11. The number of aliphatic hydroxyl groups excluding tert-OH is 1. The Labute approximate surface area is 114 Å². The summed E-state index contributed by atoms with van der Waals surface area (Å²) in [5, 5.41) is 11.8. The maximum absolute atomic E-state index is 12.1. The minimum Gasteiger partial charge on any atom is -0.496 e. The van der Waals surface area contributed by atoms with Gasteiger partial charge in [-0.1, -0.05) is 18.6 Å². The first-order valence-electron chi connectivity index (χ1n) is 6.62. The Hall–Kier alpha value is -1.55. The second kappa shape index (κ2) is 7.79. The average molecular weight is 265 g/mol. The molecule has 1 rings (SSSR count). The van der Waals surface area contributed by atoms with E-state index in [0.29, 0.717) is 17.9 Å². The molecule has 0 bridgehead atoms. The zero-order valence-corrected chi connectivity index (χ0v) is 11.9. The van der Waals surface area contributed by atoms with Crippen LogP contribution in [0.1, 0.15) is 35.7 Å². The van der Waals surface area contributed by atoms with Gasteiger partial charge in [0.25, 0.3) is 5.91 Å². The van der Waals surface area contributed by atoms with Crippen molar-refractivity contribution in [2.24, 2.45) is 5.92 Å². The predicted molar refractivity (Wildman–Crippen MR) is 75.5 cm³/mol. The highest BCUT2D eigenvalue weighted by atomic mass is 16.5. The van der Waals surface area contributed by atoms with Crippen LogP contribution < -0.4 is 10.1 Å². The SMILES string of the molecule is COc1ccc(C)cc1C(=O)NCCCC(C)CO. The highest BCUT2D eigenvalue weighted by molar-refractivity contribution is 5.97. The van der Waals surface area contributed by atoms with Crippen LogP contribution >= 0.6 is 0 Å². The molecule has 0 saturated carbocycles. The molecule has 0 aliphatic carbocycles. The van der Waals surface area contributed by atoms with Gasteiger partial charge in [0.2, 0.25) is 0 Å². The number of methoxy groups -OCH3 is 1. The summed E-state index contributed by atoms with van der Waals surface area (Å²) in [6, 6.07) is 5.54. The summed E-state index contributed by atoms with van der Waals surface area (Å²) in [7, 11) is 1.56. The highest BCUT2D eigenvalue weighted by Gasteiger charge is 2.11. The monoisotopic (exact) mass is 265 g/mol. The van der Waals surface area contributed by atoms with E-state index in [1.807, 2.05) is 26.0 Å². The second-order valence-corrected chi connectivity index (χ2v) is 4.89. The number of benzene rings is 1. The number of carbonyl (C=O) groups excluding carboxylic acids is 1. The first-order chi connectivity index (χ1) is 9.08. The van der Waals surface area contributed by atoms with Gasteiger partial charge in [0.1, 0.15) is 5.75 Å². The molecule has 0 radical (unpaired) electrons. The quantitative estimate of drug-likeness (QED) is 0.743. The van der Waals surface area contributed by atoms with E-state index in [-0.39, 0.29) is 18.4 Å². The van der Waals surface area contributed by atoms with Crippen molar-refractivity contribution in [1.29, 1.82) is 0 Å². The van der Waals surface area contributed by atoms with Gasteiger partial charge < -0.3 is 15.2 Å². The summed E-state index contributed by atoms with van der Waals surface area (Å²) in [6.45, 7) is 4.74. The molecule has 19 heavy (non-hydrogen) atoms. The summed E-state index contributed by atoms with van der Waals surface area (Å²) < 4.78 is 5.19. The molecule has 4 heteroatoms. The average Bonchev–Trinajstić information content (AvgIpc) is 2.42. The summed E-state index contributed by atoms with van der Waals surface area (Å²) in [4.78, 5) is 12.1. The number of hydrogen-bond acceptors (Lipinski definition) is 3. The molecule has 1 aromatic carbocycles. The molecule has 4 nitrogen and oxygen atoms in total. The fourth-order valence-electron chi connectivity index (χ4n) is 1.84. The maximum atomic E-state index is 12.1. The molecule has 2 N–H and O–H groups in total. The van der Waals surface area contributed by atoms with Crippen LogP contribution in [-0.2, 0) is 0 Å². The lowest BCUT2D eigenvalue weighted by atomic mass is 10.1. The van der Waals surface area contributed by atoms with Crippen LogP contribution in [0.4, 0.5) is 0 Å². The Bertz CT molecular complexity index is 418. The second-order valence-electron chi connectivity index (χ2n) is 4.89. The molecular formula is C15H23NO3. The Morgan fingerprint density at radius 1 is 1.47 bits per heavy atom. The molecule has 0 fully saturated rings. The van der Waals surface area contributed by atoms with E-state index in [1.54, 1.807) is 13.2 Å². The van der Waals surface area contributed by atoms with Gasteiger partial charge >= 0.3 is 0 Å². The molecule has 0 saturated heterocycles. The molecule has 0 aromatic heterocycles. The summed E-state index contributed by atoms with van der Waals surface area (Å²) in [5.41, 5.74) is 1.59. The van der Waals surface area contributed by atoms with Gasteiger partial charge in [-0.05, 0) is 37.8 Å². The van der Waals surface area contributed by atoms with Crippen molar-refractivity contribution < 1.29 is 14.6 Å². The fraction of sp³-hybridized carbons (Fsp3) is 0.533. The maximum Gasteiger partial charge on any atom is 0.255 e. The first-order valence-corrected chi connectivity index (χ1v) is 6.62. The van der Waals surface area contributed by atoms with Gasteiger partial charge in [0, 0.05) is 13.2 Å². The number of aryl methyl sites for hydroxylation is 1. The molecule has 1 atom stereocenters. The number of ether oxygens (including phenoxy) is 1. The fourth-order valence-corrected chi connectivity index (χ4v) is 1.84. The van der Waals surface area contributed by atoms with E-state index >= 15 is 0 Å². The van der Waals surface area contributed by atoms with Crippen molar-refractivity contribution in [3.05, 3.63) is 29.3 Å². The summed E-state index contributed by atoms with van der Waals surface area (Å²) >= 11 is 0. The Morgan fingerprint density at radius 3 is 2.84 bits per heavy atom. The summed E-state index contributed by atoms with van der Waals surface area (Å²) in [6.07, 6.45) is 1.77. The molecule has 0 aliphatic heterocycles. The van der Waals surface area contributed by atoms with Crippen LogP contribution in [0.2, 0.25) is 0 Å². The van der Waals surface area contributed by atoms with Crippen LogP contribution in [0.3, 0.4) is 0 Å². The lowest BCUT2D eigenvalue weighted by molar-refractivity contribution is 0.0949. The Morgan fingerprint density at radius 2 is 2.21 bits per heavy atom. The summed E-state index contributed by atoms with van der Waals surface area (Å²) in [5.74, 6) is 0.759. The van der Waals surface area contributed by atoms with Gasteiger partial charge in [-0.15, -0.1) is 0 Å². The third kappa shape index (κ3) is 4.91. The number of aliphatic hydroxyl groups is 1. The van der Waals surface area contributed by atoms with Crippen molar-refractivity contribution in [3.63, 3.8) is 0 Å². The number of rotatable bonds is 7. The van der Waals surface area contributed by atoms with Crippen molar-refractivity contribution in [2.45, 2.75) is 26.7 Å². The molecule has 0 aliphatic rings. The van der Waals surface area contributed by atoms with E-state index in [4.69, 9.17) is 9.84 Å². The zero-order chi connectivity index (χ0) is 14.3. The molecule has 0 spiro atoms. The van der Waals surface area contributed by atoms with Gasteiger partial charge in [-0.25, -0.2) is 0 Å². The van der Waals surface area contributed by atoms with Crippen molar-refractivity contribution in [3.8, 4) is 5.75 Å². The van der Waals surface area contributed by atoms with E-state index in [0.717, 1.165) is 18.4 Å². The molecule has 1 amide bonds. The van der Waals surface area contributed by atoms with E-state index in [2.05, 4.69) is 5.32 Å². The minimum absolute atomic E-state index is 0.114. The van der Waals surface area contributed by atoms with Crippen molar-refractivity contribution in [2.75, 3.05) is 20.3 Å². The number of carbonyl (C=O) groups is 1. The van der Waals surface area contributed by atoms with E-state index in [9.17, 15) is 4.79 Å². The molecule has 0 heterocycles. The van der Waals surface area contributed by atoms with Gasteiger partial charge in [0.15, 0.2) is 0 Å². The van der Waals surface area contributed by atoms with Gasteiger partial charge in [0.05, 0.1) is 12.7 Å². The van der Waals surface area contributed by atoms with Crippen LogP contribution in [0, 0.1) is 12.8 Å². The van der Waals surface area contributed by atoms with Crippen LogP contribution in [0.5, 0.6) is 5.75 Å². The largest absolute Gasteiger partial charge is 0.496 e. The smallest absolute Gasteiger partial charge is 0.255 e. The van der Waals surface area contributed by atoms with Crippen molar-refractivity contribution in [1.82, 2.24) is 5.32 Å². The van der Waals surface area contributed by atoms with Crippen molar-refractivity contribution >= 4 is 5.91 Å². The number of amides is 1. The van der Waals surface area contributed by atoms with Crippen LogP contribution in [0.25, 0.3) is 0 Å². The molecule has 1 unspecified atom stereocenters. The number of hydrogen-bond donors (Lipinski definition) is 2. The first kappa shape index (κ1) is 15.5. The lowest BCUT2D eigenvalue weighted by Crippen LogP contribution is -2.25. The number of nitrogens with one attached hydrogen (secondary N) is 1. The standard InChI is InChI=1S/C15H23NO3/c1-11-6-7-14(19-3)13(9-11)15(18)16-8-4-5-12(2)10-17/h6-7,9,12,17H,4-5,8,10H2,1-3H3,(H,16,18). The van der Waals surface area contributed by atoms with Crippen LogP contribution in [-0.4, -0.2) is 31.3 Å². The molecular weight excluding hydrogens is 242 g/mol. The topological polar surface area (TPSA) is 58.6 Å². The normalized spacial score (nSPS) is 12.0. The van der Waals surface area contributed by atoms with Gasteiger partial charge in [-0.2, -0.15) is 0 Å². The molecule has 1 aromatic rings. The van der Waals surface area contributed by atoms with E-state index in [1.165, 1.54) is 0 Å². The predicted octanol–water partition coefficient (Wildman–Crippen LogP) is 2.14. The van der Waals surface area contributed by atoms with Gasteiger partial charge in [-0.3, -0.25) is 4.79 Å². The highest BCUT2D eigenvalue weighted by Crippen LogP contribution is 2.19. The van der Waals surface area contributed by atoms with Crippen LogP contribution in [0.15, 0.2) is 18.2 Å². The zero-order valence-electron chi connectivity index (χ0n) is 11.9. The minimum atomic E-state index is -0.114. The third-order valence-corrected chi connectivity index (χ3v) is 3.07.